The van der Waals surface area contributed by atoms with E-state index in [0.717, 1.165) is 6.20 Å². The van der Waals surface area contributed by atoms with Gasteiger partial charge in [-0.3, -0.25) is 24.2 Å². The summed E-state index contributed by atoms with van der Waals surface area (Å²) < 4.78 is 14.8. The lowest BCUT2D eigenvalue weighted by atomic mass is 9.95. The fourth-order valence-corrected chi connectivity index (χ4v) is 4.53. The number of hydrogen-bond donors (Lipinski definition) is 2. The Bertz CT molecular complexity index is 1360. The van der Waals surface area contributed by atoms with Crippen molar-refractivity contribution < 1.29 is 23.6 Å². The quantitative estimate of drug-likeness (QED) is 0.511. The number of nitrogens with one attached hydrogen (secondary N) is 2. The molecule has 2 aliphatic heterocycles. The summed E-state index contributed by atoms with van der Waals surface area (Å²) in [7, 11) is 0. The first-order chi connectivity index (χ1) is 17.9. The van der Waals surface area contributed by atoms with Crippen molar-refractivity contribution in [3.05, 3.63) is 83.7 Å². The van der Waals surface area contributed by atoms with E-state index in [-0.39, 0.29) is 55.6 Å². The van der Waals surface area contributed by atoms with E-state index >= 15 is 0 Å². The number of aromatic nitrogens is 2. The van der Waals surface area contributed by atoms with Crippen molar-refractivity contribution in [2.24, 2.45) is 0 Å². The molecule has 0 bridgehead atoms. The largest absolute Gasteiger partial charge is 0.382 e. The van der Waals surface area contributed by atoms with Crippen LogP contribution in [0.5, 0.6) is 0 Å². The van der Waals surface area contributed by atoms with Gasteiger partial charge in [-0.15, -0.1) is 0 Å². The van der Waals surface area contributed by atoms with Crippen LogP contribution in [0.3, 0.4) is 0 Å². The van der Waals surface area contributed by atoms with Crippen LogP contribution in [0.25, 0.3) is 0 Å². The molecule has 0 aliphatic carbocycles. The first kappa shape index (κ1) is 24.0. The fraction of sp³-hybridized carbons (Fsp3) is 0.231. The molecule has 2 N–H and O–H groups in total. The number of carbonyl (C=O) groups is 4. The second-order valence-corrected chi connectivity index (χ2v) is 8.69. The van der Waals surface area contributed by atoms with Crippen molar-refractivity contribution in [1.82, 2.24) is 19.8 Å². The van der Waals surface area contributed by atoms with Crippen molar-refractivity contribution in [2.75, 3.05) is 43.4 Å². The van der Waals surface area contributed by atoms with Gasteiger partial charge in [0.15, 0.2) is 5.69 Å². The number of rotatable bonds is 5. The van der Waals surface area contributed by atoms with Crippen LogP contribution in [0.4, 0.5) is 15.8 Å². The molecule has 1 fully saturated rings. The average Bonchev–Trinajstić information content (AvgIpc) is 3.39. The van der Waals surface area contributed by atoms with Crippen LogP contribution < -0.4 is 10.6 Å². The maximum Gasteiger partial charge on any atom is 0.290 e. The molecule has 2 aliphatic rings. The zero-order valence-corrected chi connectivity index (χ0v) is 19.7. The lowest BCUT2D eigenvalue weighted by Crippen LogP contribution is -2.52. The minimum atomic E-state index is -1.10. The zero-order chi connectivity index (χ0) is 25.9. The van der Waals surface area contributed by atoms with Crippen molar-refractivity contribution in [2.45, 2.75) is 5.92 Å². The van der Waals surface area contributed by atoms with Gasteiger partial charge in [0.2, 0.25) is 5.78 Å². The third-order valence-electron chi connectivity index (χ3n) is 6.44. The van der Waals surface area contributed by atoms with Gasteiger partial charge in [-0.25, -0.2) is 9.37 Å². The number of halogens is 1. The minimum Gasteiger partial charge on any atom is -0.382 e. The van der Waals surface area contributed by atoms with Crippen LogP contribution >= 0.6 is 0 Å². The van der Waals surface area contributed by atoms with E-state index in [4.69, 9.17) is 0 Å². The van der Waals surface area contributed by atoms with Gasteiger partial charge in [0.25, 0.3) is 17.7 Å². The molecule has 11 heteroatoms. The maximum absolute atomic E-state index is 14.8. The summed E-state index contributed by atoms with van der Waals surface area (Å²) in [6.07, 6.45) is 3.88. The van der Waals surface area contributed by atoms with E-state index in [1.807, 2.05) is 6.07 Å². The maximum atomic E-state index is 14.8. The molecule has 188 valence electrons. The summed E-state index contributed by atoms with van der Waals surface area (Å²) in [4.78, 5) is 62.5. The summed E-state index contributed by atoms with van der Waals surface area (Å²) in [5.74, 6) is -4.14. The predicted octanol–water partition coefficient (Wildman–Crippen LogP) is 1.93. The molecule has 4 heterocycles. The number of benzene rings is 1. The average molecular weight is 503 g/mol. The van der Waals surface area contributed by atoms with Crippen molar-refractivity contribution >= 4 is 34.9 Å². The molecule has 5 rings (SSSR count). The number of ketones is 1. The summed E-state index contributed by atoms with van der Waals surface area (Å²) in [5.41, 5.74) is 0.932. The smallest absolute Gasteiger partial charge is 0.290 e. The molecule has 0 saturated carbocycles. The second-order valence-electron chi connectivity index (χ2n) is 8.69. The molecule has 1 atom stereocenters. The Balaban J connectivity index is 1.27. The highest BCUT2D eigenvalue weighted by Gasteiger charge is 2.40. The molecule has 37 heavy (non-hydrogen) atoms. The first-order valence-corrected chi connectivity index (χ1v) is 11.7. The van der Waals surface area contributed by atoms with Gasteiger partial charge in [-0.05, 0) is 24.3 Å². The standard InChI is InChI=1S/C26H23FN6O4/c27-19-15-30-22(24(35)31-17-7-4-8-28-13-17)21-20(19)18(14-29-21)23(34)26(37)33-11-9-32(10-12-33)25(36)16-5-2-1-3-6-16/h1-8,13,15,18,29H,9-12,14H2,(H,31,35). The SMILES string of the molecule is O=C(Nc1cccnc1)c1ncc(F)c2c1NCC2C(=O)C(=O)N1CCN(C(=O)c2ccccc2)CC1. The van der Waals surface area contributed by atoms with Crippen LogP contribution in [0.2, 0.25) is 0 Å². The van der Waals surface area contributed by atoms with Gasteiger partial charge >= 0.3 is 0 Å². The van der Waals surface area contributed by atoms with Crippen LogP contribution in [0, 0.1) is 5.82 Å². The van der Waals surface area contributed by atoms with Gasteiger partial charge in [0.05, 0.1) is 29.7 Å². The summed E-state index contributed by atoms with van der Waals surface area (Å²) in [6.45, 7) is 0.899. The number of fused-ring (bicyclic) bond motifs is 1. The molecule has 2 aromatic heterocycles. The first-order valence-electron chi connectivity index (χ1n) is 11.7. The third kappa shape index (κ3) is 4.75. The van der Waals surface area contributed by atoms with Crippen LogP contribution in [0.1, 0.15) is 32.3 Å². The van der Waals surface area contributed by atoms with E-state index < -0.39 is 29.3 Å². The molecule has 1 saturated heterocycles. The number of pyridine rings is 2. The van der Waals surface area contributed by atoms with Crippen LogP contribution in [-0.4, -0.2) is 76.0 Å². The van der Waals surface area contributed by atoms with E-state index in [1.54, 1.807) is 47.5 Å². The lowest BCUT2D eigenvalue weighted by molar-refractivity contribution is -0.146. The summed E-state index contributed by atoms with van der Waals surface area (Å²) in [6, 6.07) is 12.1. The zero-order valence-electron chi connectivity index (χ0n) is 19.7. The Morgan fingerprint density at radius 1 is 0.946 bits per heavy atom. The second kappa shape index (κ2) is 10.1. The number of anilines is 2. The highest BCUT2D eigenvalue weighted by atomic mass is 19.1. The Kier molecular flexibility index (Phi) is 6.59. The molecular formula is C26H23FN6O4. The highest BCUT2D eigenvalue weighted by Crippen LogP contribution is 2.36. The molecule has 1 aromatic carbocycles. The number of piperazine rings is 1. The lowest BCUT2D eigenvalue weighted by Gasteiger charge is -2.34. The van der Waals surface area contributed by atoms with E-state index in [2.05, 4.69) is 20.6 Å². The molecule has 10 nitrogen and oxygen atoms in total. The van der Waals surface area contributed by atoms with E-state index in [0.29, 0.717) is 11.3 Å². The Morgan fingerprint density at radius 2 is 1.68 bits per heavy atom. The number of amides is 3. The van der Waals surface area contributed by atoms with Crippen molar-refractivity contribution in [1.29, 1.82) is 0 Å². The van der Waals surface area contributed by atoms with E-state index in [1.165, 1.54) is 11.1 Å². The van der Waals surface area contributed by atoms with Gasteiger partial charge in [0, 0.05) is 50.0 Å². The van der Waals surface area contributed by atoms with Gasteiger partial charge in [0.1, 0.15) is 5.82 Å². The Morgan fingerprint density at radius 3 is 2.38 bits per heavy atom. The number of Topliss-reactive ketones (excluding diaryl/α,β-unsaturated/α-hetero) is 1. The van der Waals surface area contributed by atoms with Gasteiger partial charge in [-0.2, -0.15) is 0 Å². The Labute approximate surface area is 211 Å². The molecular weight excluding hydrogens is 479 g/mol. The third-order valence-corrected chi connectivity index (χ3v) is 6.44. The normalized spacial score (nSPS) is 16.5. The predicted molar refractivity (Wildman–Crippen MR) is 132 cm³/mol. The molecule has 0 spiro atoms. The fourth-order valence-electron chi connectivity index (χ4n) is 4.53. The van der Waals surface area contributed by atoms with Gasteiger partial charge < -0.3 is 20.4 Å². The number of nitrogens with zero attached hydrogens (tertiary/aromatic N) is 4. The molecule has 3 amide bonds. The van der Waals surface area contributed by atoms with Crippen LogP contribution in [-0.2, 0) is 9.59 Å². The van der Waals surface area contributed by atoms with E-state index in [9.17, 15) is 23.6 Å². The van der Waals surface area contributed by atoms with Gasteiger partial charge in [-0.1, -0.05) is 18.2 Å². The highest BCUT2D eigenvalue weighted by molar-refractivity contribution is 6.38. The van der Waals surface area contributed by atoms with Crippen molar-refractivity contribution in [3.8, 4) is 0 Å². The number of hydrogen-bond acceptors (Lipinski definition) is 7. The summed E-state index contributed by atoms with van der Waals surface area (Å²) >= 11 is 0. The summed E-state index contributed by atoms with van der Waals surface area (Å²) in [5, 5.41) is 5.51. The Hall–Kier alpha value is -4.67. The topological polar surface area (TPSA) is 125 Å². The molecule has 0 radical (unpaired) electrons. The van der Waals surface area contributed by atoms with Crippen LogP contribution in [0.15, 0.2) is 61.1 Å². The molecule has 3 aromatic rings. The number of carbonyl (C=O) groups excluding carboxylic acids is 4. The minimum absolute atomic E-state index is 0.0395. The van der Waals surface area contributed by atoms with Crippen molar-refractivity contribution in [3.63, 3.8) is 0 Å². The monoisotopic (exact) mass is 502 g/mol. The molecule has 1 unspecified atom stereocenters.